The predicted molar refractivity (Wildman–Crippen MR) is 150 cm³/mol. The van der Waals surface area contributed by atoms with Crippen LogP contribution in [0.25, 0.3) is 11.0 Å². The zero-order chi connectivity index (χ0) is 27.6. The summed E-state index contributed by atoms with van der Waals surface area (Å²) in [5.74, 6) is -0.969. The molecular weight excluding hydrogens is 498 g/mol. The van der Waals surface area contributed by atoms with Crippen LogP contribution in [0.3, 0.4) is 0 Å². The lowest BCUT2D eigenvalue weighted by atomic mass is 10.0. The lowest BCUT2D eigenvalue weighted by Gasteiger charge is -2.21. The molecule has 0 saturated heterocycles. The van der Waals surface area contributed by atoms with Crippen molar-refractivity contribution in [3.05, 3.63) is 100 Å². The number of dihydropyridines is 1. The molecule has 1 aliphatic rings. The summed E-state index contributed by atoms with van der Waals surface area (Å²) in [6.45, 7) is 6.40. The first kappa shape index (κ1) is 27.7. The molecule has 0 fully saturated rings. The summed E-state index contributed by atoms with van der Waals surface area (Å²) >= 11 is 0. The van der Waals surface area contributed by atoms with E-state index in [4.69, 9.17) is 13.9 Å². The van der Waals surface area contributed by atoms with Gasteiger partial charge in [-0.3, -0.25) is 4.79 Å². The summed E-state index contributed by atoms with van der Waals surface area (Å²) in [6.07, 6.45) is 5.22. The van der Waals surface area contributed by atoms with Crippen LogP contribution in [-0.2, 0) is 14.3 Å². The Bertz CT molecular complexity index is 1410. The van der Waals surface area contributed by atoms with E-state index in [1.165, 1.54) is 6.07 Å². The van der Waals surface area contributed by atoms with Crippen molar-refractivity contribution in [2.75, 3.05) is 44.4 Å². The number of nitrogens with zero attached hydrogens (tertiary/aromatic N) is 1. The molecule has 39 heavy (non-hydrogen) atoms. The van der Waals surface area contributed by atoms with E-state index in [0.717, 1.165) is 24.3 Å². The third-order valence-electron chi connectivity index (χ3n) is 6.36. The first-order chi connectivity index (χ1) is 19.0. The van der Waals surface area contributed by atoms with Gasteiger partial charge in [-0.15, -0.1) is 0 Å². The Hall–Kier alpha value is -4.37. The monoisotopic (exact) mass is 531 g/mol. The highest BCUT2D eigenvalue weighted by atomic mass is 16.6. The van der Waals surface area contributed by atoms with Gasteiger partial charge in [0.2, 0.25) is 0 Å². The number of fused-ring (bicyclic) bond motifs is 1. The molecule has 1 unspecified atom stereocenters. The van der Waals surface area contributed by atoms with Gasteiger partial charge < -0.3 is 29.4 Å². The lowest BCUT2D eigenvalue weighted by molar-refractivity contribution is -0.140. The highest BCUT2D eigenvalue weighted by Gasteiger charge is 2.17. The molecule has 2 N–H and O–H groups in total. The Morgan fingerprint density at radius 2 is 1.82 bits per heavy atom. The normalized spacial score (nSPS) is 14.4. The summed E-state index contributed by atoms with van der Waals surface area (Å²) < 4.78 is 16.2. The lowest BCUT2D eigenvalue weighted by Crippen LogP contribution is -2.31. The van der Waals surface area contributed by atoms with Crippen LogP contribution in [0.2, 0.25) is 0 Å². The molecule has 1 atom stereocenters. The van der Waals surface area contributed by atoms with E-state index >= 15 is 0 Å². The maximum Gasteiger partial charge on any atom is 0.349 e. The SMILES string of the molecule is CCN(CC)c1ccc2cc(C(=O)NCCOCCOC(=O)C3=CC(c4ccccc4)NC=C3)c(=O)oc2c1. The van der Waals surface area contributed by atoms with E-state index < -0.39 is 17.5 Å². The van der Waals surface area contributed by atoms with Gasteiger partial charge in [-0.25, -0.2) is 9.59 Å². The van der Waals surface area contributed by atoms with Gasteiger partial charge in [-0.05, 0) is 56.0 Å². The number of amides is 1. The average molecular weight is 532 g/mol. The van der Waals surface area contributed by atoms with Crippen LogP contribution in [-0.4, -0.2) is 51.3 Å². The number of rotatable bonds is 12. The second kappa shape index (κ2) is 13.4. The maximum absolute atomic E-state index is 12.5. The van der Waals surface area contributed by atoms with Crippen LogP contribution in [0.4, 0.5) is 5.69 Å². The van der Waals surface area contributed by atoms with E-state index in [2.05, 4.69) is 29.4 Å². The van der Waals surface area contributed by atoms with Crippen molar-refractivity contribution in [3.8, 4) is 0 Å². The smallest absolute Gasteiger partial charge is 0.349 e. The standard InChI is InChI=1S/C30H33N3O6/c1-3-33(4-2)24-11-10-22-18-25(30(36)39-27(22)20-24)28(34)32-14-15-37-16-17-38-29(35)23-12-13-31-26(19-23)21-8-6-5-7-9-21/h5-13,18-20,26,31H,3-4,14-17H2,1-2H3,(H,32,34). The number of anilines is 1. The fraction of sp³-hybridized carbons (Fsp3) is 0.300. The molecule has 0 bridgehead atoms. The van der Waals surface area contributed by atoms with E-state index in [9.17, 15) is 14.4 Å². The Balaban J connectivity index is 1.19. The molecule has 1 aliphatic heterocycles. The number of hydrogen-bond donors (Lipinski definition) is 2. The van der Waals surface area contributed by atoms with E-state index in [0.29, 0.717) is 16.5 Å². The summed E-state index contributed by atoms with van der Waals surface area (Å²) in [6, 6.07) is 16.8. The van der Waals surface area contributed by atoms with Gasteiger partial charge in [-0.1, -0.05) is 30.3 Å². The van der Waals surface area contributed by atoms with Gasteiger partial charge in [0.05, 0.1) is 24.8 Å². The molecule has 1 amide bonds. The van der Waals surface area contributed by atoms with Crippen molar-refractivity contribution in [2.45, 2.75) is 19.9 Å². The van der Waals surface area contributed by atoms with Gasteiger partial charge >= 0.3 is 11.6 Å². The minimum Gasteiger partial charge on any atom is -0.460 e. The van der Waals surface area contributed by atoms with Crippen molar-refractivity contribution in [3.63, 3.8) is 0 Å². The fourth-order valence-electron chi connectivity index (χ4n) is 4.27. The Morgan fingerprint density at radius 3 is 2.59 bits per heavy atom. The number of benzene rings is 2. The molecule has 2 aromatic carbocycles. The highest BCUT2D eigenvalue weighted by molar-refractivity contribution is 5.97. The zero-order valence-corrected chi connectivity index (χ0v) is 22.1. The van der Waals surface area contributed by atoms with Gasteiger partial charge in [-0.2, -0.15) is 0 Å². The summed E-state index contributed by atoms with van der Waals surface area (Å²) in [4.78, 5) is 39.5. The van der Waals surface area contributed by atoms with Crippen LogP contribution in [0.1, 0.15) is 35.8 Å². The molecule has 9 heteroatoms. The molecular formula is C30H33N3O6. The molecule has 1 aromatic heterocycles. The molecule has 4 rings (SSSR count). The predicted octanol–water partition coefficient (Wildman–Crippen LogP) is 3.71. The third kappa shape index (κ3) is 7.14. The molecule has 204 valence electrons. The molecule has 2 heterocycles. The van der Waals surface area contributed by atoms with Gasteiger partial charge in [0.25, 0.3) is 5.91 Å². The molecule has 0 saturated carbocycles. The topological polar surface area (TPSA) is 110 Å². The minimum absolute atomic E-state index is 0.0656. The Labute approximate surface area is 227 Å². The second-order valence-electron chi connectivity index (χ2n) is 8.86. The van der Waals surface area contributed by atoms with Crippen LogP contribution < -0.4 is 21.2 Å². The largest absolute Gasteiger partial charge is 0.460 e. The third-order valence-corrected chi connectivity index (χ3v) is 6.36. The van der Waals surface area contributed by atoms with Gasteiger partial charge in [0.1, 0.15) is 17.8 Å². The van der Waals surface area contributed by atoms with Gasteiger partial charge in [0.15, 0.2) is 0 Å². The van der Waals surface area contributed by atoms with Crippen molar-refractivity contribution in [1.29, 1.82) is 0 Å². The Morgan fingerprint density at radius 1 is 1.03 bits per heavy atom. The van der Waals surface area contributed by atoms with Crippen molar-refractivity contribution in [1.82, 2.24) is 10.6 Å². The number of carbonyl (C=O) groups is 2. The number of hydrogen-bond acceptors (Lipinski definition) is 8. The fourth-order valence-corrected chi connectivity index (χ4v) is 4.27. The van der Waals surface area contributed by atoms with Gasteiger partial charge in [0, 0.05) is 36.8 Å². The molecule has 0 radical (unpaired) electrons. The highest BCUT2D eigenvalue weighted by Crippen LogP contribution is 2.22. The minimum atomic E-state index is -0.694. The first-order valence-corrected chi connectivity index (χ1v) is 13.1. The average Bonchev–Trinajstić information content (AvgIpc) is 2.97. The van der Waals surface area contributed by atoms with Crippen molar-refractivity contribution < 1.29 is 23.5 Å². The molecule has 0 aliphatic carbocycles. The second-order valence-corrected chi connectivity index (χ2v) is 8.86. The first-order valence-electron chi connectivity index (χ1n) is 13.1. The number of nitrogens with one attached hydrogen (secondary N) is 2. The molecule has 3 aromatic rings. The molecule has 0 spiro atoms. The molecule has 9 nitrogen and oxygen atoms in total. The maximum atomic E-state index is 12.5. The number of ether oxygens (including phenoxy) is 2. The van der Waals surface area contributed by atoms with Crippen molar-refractivity contribution >= 4 is 28.5 Å². The van der Waals surface area contributed by atoms with Crippen molar-refractivity contribution in [2.24, 2.45) is 0 Å². The van der Waals surface area contributed by atoms with Crippen LogP contribution in [0, 0.1) is 0 Å². The van der Waals surface area contributed by atoms with E-state index in [-0.39, 0.29) is 38.0 Å². The summed E-state index contributed by atoms with van der Waals surface area (Å²) in [5.41, 5.74) is 2.14. The summed E-state index contributed by atoms with van der Waals surface area (Å²) in [5, 5.41) is 6.53. The van der Waals surface area contributed by atoms with Crippen LogP contribution in [0.15, 0.2) is 87.7 Å². The zero-order valence-electron chi connectivity index (χ0n) is 22.1. The quantitative estimate of drug-likeness (QED) is 0.207. The Kier molecular flexibility index (Phi) is 9.53. The number of carbonyl (C=O) groups excluding carboxylic acids is 2. The van der Waals surface area contributed by atoms with Crippen LogP contribution >= 0.6 is 0 Å². The van der Waals surface area contributed by atoms with E-state index in [1.807, 2.05) is 54.6 Å². The summed E-state index contributed by atoms with van der Waals surface area (Å²) in [7, 11) is 0. The number of esters is 1. The van der Waals surface area contributed by atoms with E-state index in [1.54, 1.807) is 12.3 Å². The van der Waals surface area contributed by atoms with Crippen LogP contribution in [0.5, 0.6) is 0 Å².